The summed E-state index contributed by atoms with van der Waals surface area (Å²) in [4.78, 5) is 3.79. The van der Waals surface area contributed by atoms with E-state index >= 15 is 0 Å². The van der Waals surface area contributed by atoms with Crippen LogP contribution in [0.3, 0.4) is 0 Å². The van der Waals surface area contributed by atoms with Crippen molar-refractivity contribution in [2.45, 2.75) is 26.2 Å². The molecule has 1 aromatic rings. The molecule has 0 aromatic carbocycles. The predicted molar refractivity (Wildman–Crippen MR) is 65.1 cm³/mol. The van der Waals surface area contributed by atoms with Crippen LogP contribution in [0, 0.1) is 18.3 Å². The van der Waals surface area contributed by atoms with Gasteiger partial charge >= 0.3 is 0 Å². The largest absolute Gasteiger partial charge is 0.306 e. The lowest BCUT2D eigenvalue weighted by Gasteiger charge is -2.15. The molecule has 0 aliphatic heterocycles. The Kier molecular flexibility index (Phi) is 5.38. The number of nitriles is 1. The first-order chi connectivity index (χ1) is 7.24. The second-order valence-electron chi connectivity index (χ2n) is 3.84. The molecule has 3 heteroatoms. The molecule has 0 aliphatic carbocycles. The molecule has 1 aromatic heterocycles. The van der Waals surface area contributed by atoms with Crippen LogP contribution in [-0.2, 0) is 6.42 Å². The molecule has 0 bridgehead atoms. The van der Waals surface area contributed by atoms with Gasteiger partial charge in [0.15, 0.2) is 0 Å². The van der Waals surface area contributed by atoms with Crippen molar-refractivity contribution in [2.24, 2.45) is 0 Å². The molecule has 0 amide bonds. The van der Waals surface area contributed by atoms with E-state index in [4.69, 9.17) is 5.26 Å². The Morgan fingerprint density at radius 2 is 2.27 bits per heavy atom. The third kappa shape index (κ3) is 4.46. The number of aryl methyl sites for hydroxylation is 1. The standard InChI is InChI=1S/C12H18N2S/c1-11-6-10-15-12(11)5-9-14(2)8-4-3-7-13/h6,10H,3-5,8-9H2,1-2H3. The van der Waals surface area contributed by atoms with Crippen LogP contribution >= 0.6 is 11.3 Å². The van der Waals surface area contributed by atoms with Gasteiger partial charge in [-0.05, 0) is 50.4 Å². The number of thiophene rings is 1. The summed E-state index contributed by atoms with van der Waals surface area (Å²) in [5, 5.41) is 10.6. The SMILES string of the molecule is Cc1ccsc1CCN(C)CCCC#N. The van der Waals surface area contributed by atoms with Crippen LogP contribution in [-0.4, -0.2) is 25.0 Å². The summed E-state index contributed by atoms with van der Waals surface area (Å²) in [6, 6.07) is 4.35. The van der Waals surface area contributed by atoms with Crippen LogP contribution in [0.25, 0.3) is 0 Å². The van der Waals surface area contributed by atoms with Crippen molar-refractivity contribution in [1.82, 2.24) is 4.90 Å². The van der Waals surface area contributed by atoms with Crippen LogP contribution in [0.2, 0.25) is 0 Å². The minimum absolute atomic E-state index is 0.669. The van der Waals surface area contributed by atoms with Crippen LogP contribution in [0.15, 0.2) is 11.4 Å². The Morgan fingerprint density at radius 1 is 1.47 bits per heavy atom. The predicted octanol–water partition coefficient (Wildman–Crippen LogP) is 2.83. The average molecular weight is 222 g/mol. The topological polar surface area (TPSA) is 27.0 Å². The molecule has 0 aliphatic rings. The molecule has 0 fully saturated rings. The zero-order valence-corrected chi connectivity index (χ0v) is 10.3. The van der Waals surface area contributed by atoms with Gasteiger partial charge in [-0.2, -0.15) is 5.26 Å². The van der Waals surface area contributed by atoms with Crippen molar-refractivity contribution < 1.29 is 0 Å². The van der Waals surface area contributed by atoms with E-state index in [1.54, 1.807) is 0 Å². The molecule has 0 unspecified atom stereocenters. The maximum Gasteiger partial charge on any atom is 0.0622 e. The number of nitrogens with zero attached hydrogens (tertiary/aromatic N) is 2. The molecular weight excluding hydrogens is 204 g/mol. The summed E-state index contributed by atoms with van der Waals surface area (Å²) < 4.78 is 0. The monoisotopic (exact) mass is 222 g/mol. The van der Waals surface area contributed by atoms with Crippen molar-refractivity contribution in [3.63, 3.8) is 0 Å². The van der Waals surface area contributed by atoms with Crippen LogP contribution in [0.4, 0.5) is 0 Å². The number of hydrogen-bond acceptors (Lipinski definition) is 3. The molecule has 1 rings (SSSR count). The van der Waals surface area contributed by atoms with E-state index in [0.717, 1.165) is 25.9 Å². The first-order valence-corrected chi connectivity index (χ1v) is 6.20. The van der Waals surface area contributed by atoms with Crippen LogP contribution < -0.4 is 0 Å². The van der Waals surface area contributed by atoms with Gasteiger partial charge in [0.1, 0.15) is 0 Å². The normalized spacial score (nSPS) is 10.5. The third-order valence-corrected chi connectivity index (χ3v) is 3.60. The highest BCUT2D eigenvalue weighted by atomic mass is 32.1. The molecule has 0 N–H and O–H groups in total. The first kappa shape index (κ1) is 12.2. The van der Waals surface area contributed by atoms with Gasteiger partial charge in [-0.15, -0.1) is 11.3 Å². The molecular formula is C12H18N2S. The van der Waals surface area contributed by atoms with Gasteiger partial charge < -0.3 is 4.90 Å². The van der Waals surface area contributed by atoms with Gasteiger partial charge in [0, 0.05) is 17.8 Å². The molecule has 0 radical (unpaired) electrons. The fourth-order valence-electron chi connectivity index (χ4n) is 1.49. The quantitative estimate of drug-likeness (QED) is 0.692. The lowest BCUT2D eigenvalue weighted by Crippen LogP contribution is -2.22. The van der Waals surface area contributed by atoms with E-state index in [-0.39, 0.29) is 0 Å². The molecule has 1 heterocycles. The first-order valence-electron chi connectivity index (χ1n) is 5.32. The van der Waals surface area contributed by atoms with Crippen molar-refractivity contribution in [3.8, 4) is 6.07 Å². The van der Waals surface area contributed by atoms with E-state index in [1.165, 1.54) is 10.4 Å². The van der Waals surface area contributed by atoms with E-state index in [1.807, 2.05) is 11.3 Å². The fraction of sp³-hybridized carbons (Fsp3) is 0.583. The summed E-state index contributed by atoms with van der Waals surface area (Å²) in [5.41, 5.74) is 1.41. The zero-order chi connectivity index (χ0) is 11.1. The third-order valence-electron chi connectivity index (χ3n) is 2.52. The molecule has 0 spiro atoms. The molecule has 0 saturated carbocycles. The Morgan fingerprint density at radius 3 is 2.87 bits per heavy atom. The number of rotatable bonds is 6. The number of hydrogen-bond donors (Lipinski definition) is 0. The number of likely N-dealkylation sites (N-methyl/N-ethyl adjacent to an activating group) is 1. The summed E-state index contributed by atoms with van der Waals surface area (Å²) in [6.07, 6.45) is 2.78. The zero-order valence-electron chi connectivity index (χ0n) is 9.49. The number of unbranched alkanes of at least 4 members (excludes halogenated alkanes) is 1. The van der Waals surface area contributed by atoms with E-state index in [0.29, 0.717) is 6.42 Å². The van der Waals surface area contributed by atoms with Crippen molar-refractivity contribution in [2.75, 3.05) is 20.1 Å². The average Bonchev–Trinajstić information content (AvgIpc) is 2.61. The highest BCUT2D eigenvalue weighted by Gasteiger charge is 2.02. The van der Waals surface area contributed by atoms with Gasteiger partial charge in [-0.25, -0.2) is 0 Å². The van der Waals surface area contributed by atoms with E-state index < -0.39 is 0 Å². The smallest absolute Gasteiger partial charge is 0.0622 e. The van der Waals surface area contributed by atoms with Crippen molar-refractivity contribution in [3.05, 3.63) is 21.9 Å². The Hall–Kier alpha value is -0.850. The molecule has 82 valence electrons. The molecule has 0 saturated heterocycles. The highest BCUT2D eigenvalue weighted by Crippen LogP contribution is 2.16. The van der Waals surface area contributed by atoms with Gasteiger partial charge in [-0.3, -0.25) is 0 Å². The van der Waals surface area contributed by atoms with Gasteiger partial charge in [-0.1, -0.05) is 0 Å². The minimum Gasteiger partial charge on any atom is -0.306 e. The molecule has 15 heavy (non-hydrogen) atoms. The minimum atomic E-state index is 0.669. The van der Waals surface area contributed by atoms with Gasteiger partial charge in [0.2, 0.25) is 0 Å². The van der Waals surface area contributed by atoms with E-state index in [2.05, 4.69) is 36.4 Å². The fourth-order valence-corrected chi connectivity index (χ4v) is 2.39. The Bertz CT molecular complexity index is 325. The maximum absolute atomic E-state index is 8.43. The second kappa shape index (κ2) is 6.60. The Labute approximate surface area is 96.1 Å². The van der Waals surface area contributed by atoms with Crippen LogP contribution in [0.1, 0.15) is 23.3 Å². The lowest BCUT2D eigenvalue weighted by atomic mass is 10.2. The second-order valence-corrected chi connectivity index (χ2v) is 4.84. The summed E-state index contributed by atoms with van der Waals surface area (Å²) in [6.45, 7) is 4.28. The van der Waals surface area contributed by atoms with Gasteiger partial charge in [0.05, 0.1) is 6.07 Å². The maximum atomic E-state index is 8.43. The highest BCUT2D eigenvalue weighted by molar-refractivity contribution is 7.10. The van der Waals surface area contributed by atoms with Crippen molar-refractivity contribution >= 4 is 11.3 Å². The Balaban J connectivity index is 2.20. The summed E-state index contributed by atoms with van der Waals surface area (Å²) in [7, 11) is 2.13. The van der Waals surface area contributed by atoms with E-state index in [9.17, 15) is 0 Å². The molecule has 2 nitrogen and oxygen atoms in total. The summed E-state index contributed by atoms with van der Waals surface area (Å²) in [5.74, 6) is 0. The lowest BCUT2D eigenvalue weighted by molar-refractivity contribution is 0.336. The van der Waals surface area contributed by atoms with Crippen LogP contribution in [0.5, 0.6) is 0 Å². The summed E-state index contributed by atoms with van der Waals surface area (Å²) >= 11 is 1.84. The van der Waals surface area contributed by atoms with Crippen molar-refractivity contribution in [1.29, 1.82) is 5.26 Å². The van der Waals surface area contributed by atoms with Gasteiger partial charge in [0.25, 0.3) is 0 Å². The molecule has 0 atom stereocenters.